The third kappa shape index (κ3) is 3.34. The van der Waals surface area contributed by atoms with Gasteiger partial charge in [-0.1, -0.05) is 36.9 Å². The molecule has 4 heteroatoms. The first-order chi connectivity index (χ1) is 7.70. The van der Waals surface area contributed by atoms with Crippen LogP contribution in [0.25, 0.3) is 0 Å². The first kappa shape index (κ1) is 14.7. The molecule has 1 aromatic carbocycles. The lowest BCUT2D eigenvalue weighted by molar-refractivity contribution is 0.303. The Hall–Kier alpha value is -0.310. The van der Waals surface area contributed by atoms with Crippen LogP contribution < -0.4 is 5.73 Å². The maximum absolute atomic E-state index is 13.7. The summed E-state index contributed by atoms with van der Waals surface area (Å²) in [6.45, 7) is 0. The van der Waals surface area contributed by atoms with Crippen molar-refractivity contribution in [2.75, 3.05) is 0 Å². The summed E-state index contributed by atoms with van der Waals surface area (Å²) in [5, 5.41) is 0.457. The lowest BCUT2D eigenvalue weighted by atomic mass is 9.81. The molecule has 0 aliphatic heterocycles. The van der Waals surface area contributed by atoms with Crippen molar-refractivity contribution in [2.24, 2.45) is 11.7 Å². The normalized spacial score (nSPS) is 18.5. The standard InChI is InChI=1S/C13H17ClFN.ClH/c14-10-7-4-8-11(15)12(10)13(16)9-5-2-1-3-6-9;/h4,7-9,13H,1-3,5-6,16H2;1H/t13-;/m1./s1. The zero-order valence-corrected chi connectivity index (χ0v) is 11.2. The van der Waals surface area contributed by atoms with E-state index in [2.05, 4.69) is 0 Å². The predicted molar refractivity (Wildman–Crippen MR) is 72.2 cm³/mol. The Morgan fingerprint density at radius 1 is 1.24 bits per heavy atom. The van der Waals surface area contributed by atoms with Gasteiger partial charge in [-0.25, -0.2) is 4.39 Å². The molecule has 0 unspecified atom stereocenters. The average molecular weight is 278 g/mol. The van der Waals surface area contributed by atoms with Crippen LogP contribution in [0.3, 0.4) is 0 Å². The van der Waals surface area contributed by atoms with Crippen LogP contribution in [0.2, 0.25) is 5.02 Å². The zero-order chi connectivity index (χ0) is 11.5. The van der Waals surface area contributed by atoms with Gasteiger partial charge in [-0.2, -0.15) is 0 Å². The van der Waals surface area contributed by atoms with Crippen LogP contribution in [-0.2, 0) is 0 Å². The largest absolute Gasteiger partial charge is 0.324 e. The molecule has 1 fully saturated rings. The molecule has 2 rings (SSSR count). The van der Waals surface area contributed by atoms with E-state index in [4.69, 9.17) is 17.3 Å². The van der Waals surface area contributed by atoms with E-state index >= 15 is 0 Å². The molecule has 0 amide bonds. The van der Waals surface area contributed by atoms with Gasteiger partial charge in [0.15, 0.2) is 0 Å². The Bertz CT molecular complexity index is 344. The van der Waals surface area contributed by atoms with E-state index in [1.54, 1.807) is 12.1 Å². The summed E-state index contributed by atoms with van der Waals surface area (Å²) < 4.78 is 13.7. The minimum absolute atomic E-state index is 0. The molecule has 96 valence electrons. The molecule has 1 aliphatic carbocycles. The van der Waals surface area contributed by atoms with Gasteiger partial charge in [0, 0.05) is 16.6 Å². The van der Waals surface area contributed by atoms with Gasteiger partial charge >= 0.3 is 0 Å². The molecule has 1 aromatic rings. The average Bonchev–Trinajstić information content (AvgIpc) is 2.30. The predicted octanol–water partition coefficient (Wildman–Crippen LogP) is 4.48. The van der Waals surface area contributed by atoms with Gasteiger partial charge in [0.05, 0.1) is 0 Å². The Morgan fingerprint density at radius 3 is 2.47 bits per heavy atom. The second kappa shape index (κ2) is 6.58. The fourth-order valence-corrected chi connectivity index (χ4v) is 2.85. The molecule has 0 radical (unpaired) electrons. The molecule has 0 spiro atoms. The Balaban J connectivity index is 0.00000144. The van der Waals surface area contributed by atoms with Crippen LogP contribution >= 0.6 is 24.0 Å². The molecule has 1 atom stereocenters. The molecule has 1 aliphatic rings. The van der Waals surface area contributed by atoms with Crippen molar-refractivity contribution in [3.63, 3.8) is 0 Å². The summed E-state index contributed by atoms with van der Waals surface area (Å²) in [6, 6.07) is 4.51. The van der Waals surface area contributed by atoms with Gasteiger partial charge in [-0.05, 0) is 30.9 Å². The van der Waals surface area contributed by atoms with Gasteiger partial charge in [-0.3, -0.25) is 0 Å². The molecule has 2 N–H and O–H groups in total. The van der Waals surface area contributed by atoms with E-state index < -0.39 is 0 Å². The summed E-state index contributed by atoms with van der Waals surface area (Å²) in [6.07, 6.45) is 5.85. The molecular weight excluding hydrogens is 260 g/mol. The Morgan fingerprint density at radius 2 is 1.88 bits per heavy atom. The molecule has 1 saturated carbocycles. The van der Waals surface area contributed by atoms with E-state index in [1.807, 2.05) is 0 Å². The van der Waals surface area contributed by atoms with Crippen molar-refractivity contribution in [2.45, 2.75) is 38.1 Å². The minimum Gasteiger partial charge on any atom is -0.324 e. The maximum atomic E-state index is 13.7. The maximum Gasteiger partial charge on any atom is 0.129 e. The fraction of sp³-hybridized carbons (Fsp3) is 0.538. The van der Waals surface area contributed by atoms with Crippen molar-refractivity contribution in [1.82, 2.24) is 0 Å². The van der Waals surface area contributed by atoms with E-state index in [0.717, 1.165) is 12.8 Å². The number of halogens is 3. The summed E-state index contributed by atoms with van der Waals surface area (Å²) in [5.74, 6) is 0.105. The lowest BCUT2D eigenvalue weighted by Crippen LogP contribution is -2.24. The highest BCUT2D eigenvalue weighted by molar-refractivity contribution is 6.31. The second-order valence-corrected chi connectivity index (χ2v) is 4.97. The summed E-state index contributed by atoms with van der Waals surface area (Å²) in [7, 11) is 0. The van der Waals surface area contributed by atoms with E-state index in [1.165, 1.54) is 25.3 Å². The Labute approximate surface area is 113 Å². The fourth-order valence-electron chi connectivity index (χ4n) is 2.56. The molecular formula is C13H18Cl2FN. The van der Waals surface area contributed by atoms with E-state index in [0.29, 0.717) is 16.5 Å². The minimum atomic E-state index is -0.273. The lowest BCUT2D eigenvalue weighted by Gasteiger charge is -2.28. The summed E-state index contributed by atoms with van der Waals surface area (Å²) in [5.41, 5.74) is 6.64. The second-order valence-electron chi connectivity index (χ2n) is 4.56. The third-order valence-electron chi connectivity index (χ3n) is 3.49. The first-order valence-corrected chi connectivity index (χ1v) is 6.27. The van der Waals surface area contributed by atoms with Crippen LogP contribution in [0.4, 0.5) is 4.39 Å². The summed E-state index contributed by atoms with van der Waals surface area (Å²) in [4.78, 5) is 0. The number of hydrogen-bond acceptors (Lipinski definition) is 1. The molecule has 0 aromatic heterocycles. The van der Waals surface area contributed by atoms with Crippen molar-refractivity contribution in [1.29, 1.82) is 0 Å². The van der Waals surface area contributed by atoms with Gasteiger partial charge in [0.2, 0.25) is 0 Å². The van der Waals surface area contributed by atoms with Gasteiger partial charge in [-0.15, -0.1) is 12.4 Å². The van der Waals surface area contributed by atoms with E-state index in [9.17, 15) is 4.39 Å². The van der Waals surface area contributed by atoms with Crippen LogP contribution in [0.5, 0.6) is 0 Å². The Kier molecular flexibility index (Phi) is 5.71. The van der Waals surface area contributed by atoms with Crippen molar-refractivity contribution in [3.8, 4) is 0 Å². The smallest absolute Gasteiger partial charge is 0.129 e. The topological polar surface area (TPSA) is 26.0 Å². The van der Waals surface area contributed by atoms with Crippen molar-refractivity contribution < 1.29 is 4.39 Å². The highest BCUT2D eigenvalue weighted by Gasteiger charge is 2.25. The molecule has 0 bridgehead atoms. The monoisotopic (exact) mass is 277 g/mol. The van der Waals surface area contributed by atoms with Crippen LogP contribution in [0.15, 0.2) is 18.2 Å². The highest BCUT2D eigenvalue weighted by atomic mass is 35.5. The molecule has 1 nitrogen and oxygen atoms in total. The highest BCUT2D eigenvalue weighted by Crippen LogP contribution is 2.36. The number of benzene rings is 1. The quantitative estimate of drug-likeness (QED) is 0.848. The number of rotatable bonds is 2. The van der Waals surface area contributed by atoms with Crippen LogP contribution in [0, 0.1) is 11.7 Å². The first-order valence-electron chi connectivity index (χ1n) is 5.89. The summed E-state index contributed by atoms with van der Waals surface area (Å²) >= 11 is 6.02. The third-order valence-corrected chi connectivity index (χ3v) is 3.82. The zero-order valence-electron chi connectivity index (χ0n) is 9.66. The number of nitrogens with two attached hydrogens (primary N) is 1. The van der Waals surface area contributed by atoms with Crippen LogP contribution in [-0.4, -0.2) is 0 Å². The van der Waals surface area contributed by atoms with E-state index in [-0.39, 0.29) is 24.3 Å². The van der Waals surface area contributed by atoms with Gasteiger partial charge in [0.1, 0.15) is 5.82 Å². The SMILES string of the molecule is Cl.N[C@@H](c1c(F)cccc1Cl)C1CCCCC1. The molecule has 17 heavy (non-hydrogen) atoms. The molecule has 0 heterocycles. The molecule has 0 saturated heterocycles. The van der Waals surface area contributed by atoms with Crippen molar-refractivity contribution >= 4 is 24.0 Å². The van der Waals surface area contributed by atoms with Gasteiger partial charge in [0.25, 0.3) is 0 Å². The van der Waals surface area contributed by atoms with Crippen LogP contribution in [0.1, 0.15) is 43.7 Å². The van der Waals surface area contributed by atoms with Crippen molar-refractivity contribution in [3.05, 3.63) is 34.6 Å². The van der Waals surface area contributed by atoms with Gasteiger partial charge < -0.3 is 5.73 Å². The number of hydrogen-bond donors (Lipinski definition) is 1.